The lowest BCUT2D eigenvalue weighted by Crippen LogP contribution is -2.23. The van der Waals surface area contributed by atoms with Crippen molar-refractivity contribution in [2.75, 3.05) is 13.1 Å². The van der Waals surface area contributed by atoms with Crippen molar-refractivity contribution < 1.29 is 13.2 Å². The van der Waals surface area contributed by atoms with Crippen LogP contribution in [0.1, 0.15) is 33.3 Å². The predicted octanol–water partition coefficient (Wildman–Crippen LogP) is 4.39. The van der Waals surface area contributed by atoms with Crippen molar-refractivity contribution in [3.05, 3.63) is 40.7 Å². The van der Waals surface area contributed by atoms with E-state index in [0.717, 1.165) is 24.3 Å². The third kappa shape index (κ3) is 5.00. The van der Waals surface area contributed by atoms with Crippen LogP contribution in [0.4, 0.5) is 13.2 Å². The van der Waals surface area contributed by atoms with E-state index in [1.165, 1.54) is 0 Å². The van der Waals surface area contributed by atoms with E-state index < -0.39 is 17.5 Å². The van der Waals surface area contributed by atoms with Gasteiger partial charge in [-0.25, -0.2) is 13.2 Å². The summed E-state index contributed by atoms with van der Waals surface area (Å²) in [4.78, 5) is 0. The summed E-state index contributed by atoms with van der Waals surface area (Å²) >= 11 is 0. The lowest BCUT2D eigenvalue weighted by Gasteiger charge is -2.14. The van der Waals surface area contributed by atoms with Gasteiger partial charge in [-0.2, -0.15) is 0 Å². The molecule has 4 heteroatoms. The zero-order valence-electron chi connectivity index (χ0n) is 12.4. The highest BCUT2D eigenvalue weighted by Gasteiger charge is 2.11. The number of nitrogens with one attached hydrogen (secondary N) is 1. The number of hydrogen-bond acceptors (Lipinski definition) is 1. The second-order valence-electron chi connectivity index (χ2n) is 5.70. The van der Waals surface area contributed by atoms with Gasteiger partial charge in [0.05, 0.1) is 0 Å². The largest absolute Gasteiger partial charge is 0.313 e. The molecule has 0 aliphatic carbocycles. The maximum Gasteiger partial charge on any atom is 0.194 e. The Labute approximate surface area is 118 Å². The molecule has 0 radical (unpaired) electrons. The van der Waals surface area contributed by atoms with Crippen molar-refractivity contribution in [2.45, 2.75) is 27.7 Å². The fourth-order valence-corrected chi connectivity index (χ4v) is 1.80. The zero-order chi connectivity index (χ0) is 15.3. The van der Waals surface area contributed by atoms with E-state index in [0.29, 0.717) is 18.0 Å². The van der Waals surface area contributed by atoms with Crippen LogP contribution in [0.25, 0.3) is 6.08 Å². The molecule has 0 saturated heterocycles. The number of halogens is 3. The van der Waals surface area contributed by atoms with E-state index in [2.05, 4.69) is 19.2 Å². The van der Waals surface area contributed by atoms with Crippen molar-refractivity contribution in [1.29, 1.82) is 0 Å². The SMILES string of the molecule is CC(C)CNCC(=Cc1cc(F)c(F)c(F)c1)C(C)C. The lowest BCUT2D eigenvalue weighted by molar-refractivity contribution is 0.447. The average Bonchev–Trinajstić information content (AvgIpc) is 2.34. The van der Waals surface area contributed by atoms with Gasteiger partial charge in [-0.05, 0) is 36.1 Å². The van der Waals surface area contributed by atoms with E-state index >= 15 is 0 Å². The third-order valence-electron chi connectivity index (χ3n) is 2.98. The summed E-state index contributed by atoms with van der Waals surface area (Å²) in [7, 11) is 0. The van der Waals surface area contributed by atoms with Gasteiger partial charge in [-0.15, -0.1) is 0 Å². The van der Waals surface area contributed by atoms with Gasteiger partial charge in [0.25, 0.3) is 0 Å². The van der Waals surface area contributed by atoms with Crippen LogP contribution >= 0.6 is 0 Å². The summed E-state index contributed by atoms with van der Waals surface area (Å²) in [6.07, 6.45) is 1.71. The van der Waals surface area contributed by atoms with Gasteiger partial charge in [0.1, 0.15) is 0 Å². The molecule has 0 bridgehead atoms. The highest BCUT2D eigenvalue weighted by molar-refractivity contribution is 5.54. The minimum atomic E-state index is -1.42. The molecule has 0 atom stereocenters. The Kier molecular flexibility index (Phi) is 6.27. The first-order valence-corrected chi connectivity index (χ1v) is 6.87. The molecule has 0 aliphatic heterocycles. The summed E-state index contributed by atoms with van der Waals surface area (Å²) in [5.74, 6) is -2.97. The Morgan fingerprint density at radius 1 is 1.10 bits per heavy atom. The summed E-state index contributed by atoms with van der Waals surface area (Å²) < 4.78 is 39.3. The minimum Gasteiger partial charge on any atom is -0.313 e. The fraction of sp³-hybridized carbons (Fsp3) is 0.500. The van der Waals surface area contributed by atoms with Gasteiger partial charge in [0.15, 0.2) is 17.5 Å². The standard InChI is InChI=1S/C16H22F3N/c1-10(2)8-20-9-13(11(3)4)5-12-6-14(17)16(19)15(18)7-12/h5-7,10-11,20H,8-9H2,1-4H3. The molecule has 1 aromatic rings. The molecule has 1 N–H and O–H groups in total. The molecule has 1 aromatic carbocycles. The van der Waals surface area contributed by atoms with Gasteiger partial charge in [-0.1, -0.05) is 39.3 Å². The van der Waals surface area contributed by atoms with Gasteiger partial charge >= 0.3 is 0 Å². The van der Waals surface area contributed by atoms with Gasteiger partial charge in [0, 0.05) is 6.54 Å². The topological polar surface area (TPSA) is 12.0 Å². The summed E-state index contributed by atoms with van der Waals surface area (Å²) in [5.41, 5.74) is 1.37. The first-order valence-electron chi connectivity index (χ1n) is 6.87. The maximum atomic E-state index is 13.2. The zero-order valence-corrected chi connectivity index (χ0v) is 12.4. The Morgan fingerprint density at radius 2 is 1.65 bits per heavy atom. The third-order valence-corrected chi connectivity index (χ3v) is 2.98. The molecule has 0 unspecified atom stereocenters. The molecular weight excluding hydrogens is 263 g/mol. The van der Waals surface area contributed by atoms with Gasteiger partial charge < -0.3 is 5.32 Å². The highest BCUT2D eigenvalue weighted by Crippen LogP contribution is 2.18. The van der Waals surface area contributed by atoms with Crippen LogP contribution in [0, 0.1) is 29.3 Å². The number of benzene rings is 1. The van der Waals surface area contributed by atoms with E-state index in [1.807, 2.05) is 13.8 Å². The monoisotopic (exact) mass is 285 g/mol. The van der Waals surface area contributed by atoms with Crippen LogP contribution in [0.2, 0.25) is 0 Å². The minimum absolute atomic E-state index is 0.242. The quantitative estimate of drug-likeness (QED) is 0.764. The van der Waals surface area contributed by atoms with Crippen LogP contribution in [0.15, 0.2) is 17.7 Å². The van der Waals surface area contributed by atoms with Crippen LogP contribution in [-0.4, -0.2) is 13.1 Å². The Hall–Kier alpha value is -1.29. The van der Waals surface area contributed by atoms with E-state index in [-0.39, 0.29) is 5.92 Å². The molecular formula is C16H22F3N. The molecule has 112 valence electrons. The maximum absolute atomic E-state index is 13.2. The smallest absolute Gasteiger partial charge is 0.194 e. The molecule has 0 heterocycles. The molecule has 0 aromatic heterocycles. The average molecular weight is 285 g/mol. The molecule has 0 spiro atoms. The highest BCUT2D eigenvalue weighted by atomic mass is 19.2. The summed E-state index contributed by atoms with van der Waals surface area (Å²) in [6, 6.07) is 2.03. The van der Waals surface area contributed by atoms with E-state index in [4.69, 9.17) is 0 Å². The normalized spacial score (nSPS) is 12.6. The van der Waals surface area contributed by atoms with Crippen molar-refractivity contribution >= 4 is 6.08 Å². The molecule has 20 heavy (non-hydrogen) atoms. The second-order valence-corrected chi connectivity index (χ2v) is 5.70. The molecule has 1 nitrogen and oxygen atoms in total. The van der Waals surface area contributed by atoms with Crippen molar-refractivity contribution in [2.24, 2.45) is 11.8 Å². The van der Waals surface area contributed by atoms with Crippen molar-refractivity contribution in [1.82, 2.24) is 5.32 Å². The first-order chi connectivity index (χ1) is 9.31. The molecule has 0 saturated carbocycles. The van der Waals surface area contributed by atoms with E-state index in [9.17, 15) is 13.2 Å². The van der Waals surface area contributed by atoms with Gasteiger partial charge in [-0.3, -0.25) is 0 Å². The second kappa shape index (κ2) is 7.48. The Bertz CT molecular complexity index is 456. The van der Waals surface area contributed by atoms with Crippen molar-refractivity contribution in [3.8, 4) is 0 Å². The molecule has 0 fully saturated rings. The van der Waals surface area contributed by atoms with Crippen LogP contribution < -0.4 is 5.32 Å². The van der Waals surface area contributed by atoms with Crippen LogP contribution in [-0.2, 0) is 0 Å². The van der Waals surface area contributed by atoms with Crippen LogP contribution in [0.5, 0.6) is 0 Å². The molecule has 1 rings (SSSR count). The van der Waals surface area contributed by atoms with Crippen LogP contribution in [0.3, 0.4) is 0 Å². The Balaban J connectivity index is 2.91. The molecule has 0 amide bonds. The van der Waals surface area contributed by atoms with E-state index in [1.54, 1.807) is 6.08 Å². The fourth-order valence-electron chi connectivity index (χ4n) is 1.80. The summed E-state index contributed by atoms with van der Waals surface area (Å²) in [5, 5.41) is 3.30. The first kappa shape index (κ1) is 16.8. The molecule has 0 aliphatic rings. The number of rotatable bonds is 6. The van der Waals surface area contributed by atoms with Gasteiger partial charge in [0.2, 0.25) is 0 Å². The summed E-state index contributed by atoms with van der Waals surface area (Å²) in [6.45, 7) is 9.76. The lowest BCUT2D eigenvalue weighted by atomic mass is 10.00. The Morgan fingerprint density at radius 3 is 2.10 bits per heavy atom. The number of hydrogen-bond donors (Lipinski definition) is 1. The predicted molar refractivity (Wildman–Crippen MR) is 76.8 cm³/mol. The van der Waals surface area contributed by atoms with Crippen molar-refractivity contribution in [3.63, 3.8) is 0 Å².